The predicted molar refractivity (Wildman–Crippen MR) is 126 cm³/mol. The Morgan fingerprint density at radius 2 is 1.73 bits per heavy atom. The van der Waals surface area contributed by atoms with E-state index in [1.807, 2.05) is 14.1 Å². The first-order valence-corrected chi connectivity index (χ1v) is 10.2. The van der Waals surface area contributed by atoms with Crippen molar-refractivity contribution in [3.05, 3.63) is 47.0 Å². The minimum atomic E-state index is -0.110. The van der Waals surface area contributed by atoms with Crippen molar-refractivity contribution in [1.29, 1.82) is 0 Å². The molecule has 0 aliphatic rings. The molecule has 0 unspecified atom stereocenters. The van der Waals surface area contributed by atoms with Crippen LogP contribution >= 0.6 is 23.7 Å². The Morgan fingerprint density at radius 3 is 2.37 bits per heavy atom. The zero-order valence-electron chi connectivity index (χ0n) is 18.2. The van der Waals surface area contributed by atoms with Crippen molar-refractivity contribution in [1.82, 2.24) is 9.88 Å². The monoisotopic (exact) mass is 449 g/mol. The van der Waals surface area contributed by atoms with E-state index in [2.05, 4.69) is 30.9 Å². The number of amides is 1. The topological polar surface area (TPSA) is 54.9 Å². The second-order valence-electron chi connectivity index (χ2n) is 7.18. The summed E-state index contributed by atoms with van der Waals surface area (Å²) in [5.41, 5.74) is 3.84. The number of rotatable bonds is 7. The molecule has 0 spiro atoms. The van der Waals surface area contributed by atoms with Gasteiger partial charge in [0.2, 0.25) is 0 Å². The minimum absolute atomic E-state index is 0. The fourth-order valence-corrected chi connectivity index (χ4v) is 4.09. The van der Waals surface area contributed by atoms with E-state index in [1.54, 1.807) is 48.7 Å². The molecule has 8 heteroatoms. The van der Waals surface area contributed by atoms with Crippen LogP contribution in [0.15, 0.2) is 30.3 Å². The van der Waals surface area contributed by atoms with Crippen LogP contribution in [0.5, 0.6) is 11.5 Å². The highest BCUT2D eigenvalue weighted by molar-refractivity contribution is 7.22. The number of anilines is 1. The largest absolute Gasteiger partial charge is 0.493 e. The van der Waals surface area contributed by atoms with Gasteiger partial charge in [0, 0.05) is 18.7 Å². The van der Waals surface area contributed by atoms with Crippen molar-refractivity contribution in [2.45, 2.75) is 13.8 Å². The van der Waals surface area contributed by atoms with Crippen LogP contribution in [0, 0.1) is 13.8 Å². The lowest BCUT2D eigenvalue weighted by molar-refractivity contribution is 0.0985. The molecule has 0 saturated heterocycles. The molecule has 0 fully saturated rings. The SMILES string of the molecule is COc1ccc(C(=O)N(CCN(C)C)c2nc3c(C)c(C)ccc3s2)cc1OC.Cl. The molecule has 6 nitrogen and oxygen atoms in total. The molecular weight excluding hydrogens is 422 g/mol. The number of ether oxygens (including phenoxy) is 2. The molecule has 0 atom stereocenters. The Bertz CT molecular complexity index is 1040. The number of hydrogen-bond donors (Lipinski definition) is 0. The second kappa shape index (κ2) is 10.1. The molecule has 3 aromatic rings. The van der Waals surface area contributed by atoms with Crippen LogP contribution < -0.4 is 14.4 Å². The van der Waals surface area contributed by atoms with E-state index >= 15 is 0 Å². The smallest absolute Gasteiger partial charge is 0.260 e. The molecule has 1 amide bonds. The molecule has 0 N–H and O–H groups in total. The average molecular weight is 450 g/mol. The van der Waals surface area contributed by atoms with Gasteiger partial charge in [-0.25, -0.2) is 4.98 Å². The van der Waals surface area contributed by atoms with Gasteiger partial charge in [-0.1, -0.05) is 17.4 Å². The fourth-order valence-electron chi connectivity index (χ4n) is 3.04. The summed E-state index contributed by atoms with van der Waals surface area (Å²) in [4.78, 5) is 22.1. The highest BCUT2D eigenvalue weighted by Gasteiger charge is 2.23. The van der Waals surface area contributed by atoms with Gasteiger partial charge in [-0.15, -0.1) is 12.4 Å². The summed E-state index contributed by atoms with van der Waals surface area (Å²) >= 11 is 1.54. The number of fused-ring (bicyclic) bond motifs is 1. The molecule has 0 radical (unpaired) electrons. The van der Waals surface area contributed by atoms with Crippen molar-refractivity contribution in [3.8, 4) is 11.5 Å². The first kappa shape index (κ1) is 23.9. The maximum Gasteiger partial charge on any atom is 0.260 e. The molecule has 2 aromatic carbocycles. The maximum absolute atomic E-state index is 13.4. The predicted octanol–water partition coefficient (Wildman–Crippen LogP) is 4.56. The number of carbonyl (C=O) groups is 1. The summed E-state index contributed by atoms with van der Waals surface area (Å²) in [6.07, 6.45) is 0. The van der Waals surface area contributed by atoms with Gasteiger partial charge in [0.1, 0.15) is 0 Å². The lowest BCUT2D eigenvalue weighted by atomic mass is 10.1. The number of aryl methyl sites for hydroxylation is 2. The lowest BCUT2D eigenvalue weighted by Crippen LogP contribution is -2.36. The molecule has 162 valence electrons. The molecule has 1 aromatic heterocycles. The van der Waals surface area contributed by atoms with E-state index in [-0.39, 0.29) is 18.3 Å². The van der Waals surface area contributed by atoms with Crippen LogP contribution in [-0.2, 0) is 0 Å². The van der Waals surface area contributed by atoms with Crippen molar-refractivity contribution in [2.75, 3.05) is 46.3 Å². The lowest BCUT2D eigenvalue weighted by Gasteiger charge is -2.22. The van der Waals surface area contributed by atoms with Gasteiger partial charge in [-0.3, -0.25) is 9.69 Å². The van der Waals surface area contributed by atoms with Gasteiger partial charge in [-0.2, -0.15) is 0 Å². The number of hydrogen-bond acceptors (Lipinski definition) is 6. The molecule has 3 rings (SSSR count). The number of carbonyl (C=O) groups excluding carboxylic acids is 1. The molecular formula is C22H28ClN3O3S. The van der Waals surface area contributed by atoms with Crippen LogP contribution in [0.4, 0.5) is 5.13 Å². The number of benzene rings is 2. The summed E-state index contributed by atoms with van der Waals surface area (Å²) in [5, 5.41) is 0.704. The van der Waals surface area contributed by atoms with Gasteiger partial charge in [0.05, 0.1) is 24.4 Å². The number of nitrogens with zero attached hydrogens (tertiary/aromatic N) is 3. The zero-order valence-corrected chi connectivity index (χ0v) is 19.8. The van der Waals surface area contributed by atoms with E-state index in [4.69, 9.17) is 14.5 Å². The first-order chi connectivity index (χ1) is 13.8. The number of likely N-dealkylation sites (N-methyl/N-ethyl adjacent to an activating group) is 1. The Labute approximate surface area is 187 Å². The van der Waals surface area contributed by atoms with Crippen LogP contribution in [-0.4, -0.2) is 57.2 Å². The van der Waals surface area contributed by atoms with Crippen LogP contribution in [0.25, 0.3) is 10.2 Å². The highest BCUT2D eigenvalue weighted by Crippen LogP contribution is 2.34. The van der Waals surface area contributed by atoms with Crippen molar-refractivity contribution >= 4 is 45.0 Å². The Kier molecular flexibility index (Phi) is 8.06. The van der Waals surface area contributed by atoms with Crippen molar-refractivity contribution < 1.29 is 14.3 Å². The van der Waals surface area contributed by atoms with Crippen LogP contribution in [0.1, 0.15) is 21.5 Å². The Balaban J connectivity index is 0.00000320. The van der Waals surface area contributed by atoms with Crippen LogP contribution in [0.3, 0.4) is 0 Å². The minimum Gasteiger partial charge on any atom is -0.493 e. The number of methoxy groups -OCH3 is 2. The highest BCUT2D eigenvalue weighted by atomic mass is 35.5. The van der Waals surface area contributed by atoms with Crippen molar-refractivity contribution in [2.24, 2.45) is 0 Å². The van der Waals surface area contributed by atoms with E-state index < -0.39 is 0 Å². The molecule has 1 heterocycles. The summed E-state index contributed by atoms with van der Waals surface area (Å²) in [6, 6.07) is 9.40. The van der Waals surface area contributed by atoms with E-state index in [9.17, 15) is 4.79 Å². The normalized spacial score (nSPS) is 10.8. The fraction of sp³-hybridized carbons (Fsp3) is 0.364. The van der Waals surface area contributed by atoms with E-state index in [0.717, 1.165) is 22.3 Å². The summed E-state index contributed by atoms with van der Waals surface area (Å²) in [7, 11) is 7.12. The maximum atomic E-state index is 13.4. The Hall–Kier alpha value is -2.35. The quantitative estimate of drug-likeness (QED) is 0.529. The van der Waals surface area contributed by atoms with Gasteiger partial charge >= 0.3 is 0 Å². The number of aromatic nitrogens is 1. The average Bonchev–Trinajstić information content (AvgIpc) is 3.14. The molecule has 0 saturated carbocycles. The summed E-state index contributed by atoms with van der Waals surface area (Å²) in [5.74, 6) is 1.01. The van der Waals surface area contributed by atoms with Gasteiger partial charge < -0.3 is 14.4 Å². The third-order valence-corrected chi connectivity index (χ3v) is 5.99. The molecule has 0 aliphatic carbocycles. The van der Waals surface area contributed by atoms with Gasteiger partial charge in [0.15, 0.2) is 16.6 Å². The van der Waals surface area contributed by atoms with E-state index in [0.29, 0.717) is 28.7 Å². The first-order valence-electron chi connectivity index (χ1n) is 9.41. The second-order valence-corrected chi connectivity index (χ2v) is 8.19. The molecule has 0 aliphatic heterocycles. The van der Waals surface area contributed by atoms with Gasteiger partial charge in [0.25, 0.3) is 5.91 Å². The molecule has 0 bridgehead atoms. The van der Waals surface area contributed by atoms with Gasteiger partial charge in [-0.05, 0) is 63.3 Å². The molecule has 30 heavy (non-hydrogen) atoms. The number of halogens is 1. The third-order valence-electron chi connectivity index (χ3n) is 4.95. The summed E-state index contributed by atoms with van der Waals surface area (Å²) in [6.45, 7) is 5.42. The Morgan fingerprint density at radius 1 is 1.03 bits per heavy atom. The summed E-state index contributed by atoms with van der Waals surface area (Å²) < 4.78 is 11.7. The van der Waals surface area contributed by atoms with E-state index in [1.165, 1.54) is 5.56 Å². The third kappa shape index (κ3) is 4.86. The standard InChI is InChI=1S/C22H27N3O3S.ClH/c1-14-7-10-19-20(15(14)2)23-22(29-19)25(12-11-24(3)4)21(26)16-8-9-17(27-5)18(13-16)28-6;/h7-10,13H,11-12H2,1-6H3;1H. The zero-order chi connectivity index (χ0) is 21.1. The van der Waals surface area contributed by atoms with Crippen molar-refractivity contribution in [3.63, 3.8) is 0 Å². The van der Waals surface area contributed by atoms with Crippen LogP contribution in [0.2, 0.25) is 0 Å². The number of thiazole rings is 1.